The third kappa shape index (κ3) is 6.52. The molecule has 206 valence electrons. The maximum absolute atomic E-state index is 14.5. The molecular weight excluding hydrogens is 509 g/mol. The number of hydrazone groups is 1. The lowest BCUT2D eigenvalue weighted by Gasteiger charge is -2.35. The maximum Gasteiger partial charge on any atom is 0.245 e. The molecule has 1 fully saturated rings. The summed E-state index contributed by atoms with van der Waals surface area (Å²) in [6, 6.07) is 18.9. The summed E-state index contributed by atoms with van der Waals surface area (Å²) in [5.74, 6) is 0.519. The SMILES string of the molecule is Cc1nc(/C=N/Nc2ncc(F)c(N3CCOC(C(C)C)C3)n2)ccc1Nc1ccc(-c2cccc(O)c2)cc1. The third-order valence-corrected chi connectivity index (χ3v) is 6.67. The minimum absolute atomic E-state index is 0.0216. The minimum Gasteiger partial charge on any atom is -0.508 e. The standard InChI is InChI=1S/C30H32FN7O2/c1-19(2)28-18-38(13-14-40-28)29-26(31)17-32-30(36-29)37-33-16-24-11-12-27(20(3)34-24)35-23-9-7-21(8-10-23)22-5-4-6-25(39)15-22/h4-12,15-17,19,28,35,39H,13-14,18H2,1-3H3,(H,32,36,37)/b33-16+. The van der Waals surface area contributed by atoms with Crippen molar-refractivity contribution in [2.24, 2.45) is 11.0 Å². The fourth-order valence-corrected chi connectivity index (χ4v) is 4.43. The Bertz CT molecular complexity index is 1490. The second-order valence-electron chi connectivity index (χ2n) is 9.96. The molecule has 1 unspecified atom stereocenters. The average molecular weight is 542 g/mol. The minimum atomic E-state index is -0.478. The van der Waals surface area contributed by atoms with Crippen molar-refractivity contribution in [2.75, 3.05) is 35.3 Å². The predicted molar refractivity (Wildman–Crippen MR) is 156 cm³/mol. The Morgan fingerprint density at radius 1 is 1.10 bits per heavy atom. The summed E-state index contributed by atoms with van der Waals surface area (Å²) in [6.07, 6.45) is 2.74. The van der Waals surface area contributed by atoms with Crippen molar-refractivity contribution < 1.29 is 14.2 Å². The molecule has 40 heavy (non-hydrogen) atoms. The molecular formula is C30H32FN7O2. The van der Waals surface area contributed by atoms with Crippen LogP contribution in [0, 0.1) is 18.7 Å². The van der Waals surface area contributed by atoms with E-state index in [1.807, 2.05) is 60.4 Å². The molecule has 2 aromatic carbocycles. The topological polar surface area (TPSA) is 108 Å². The predicted octanol–water partition coefficient (Wildman–Crippen LogP) is 5.74. The van der Waals surface area contributed by atoms with Gasteiger partial charge in [0.1, 0.15) is 5.75 Å². The number of aryl methyl sites for hydroxylation is 1. The van der Waals surface area contributed by atoms with Gasteiger partial charge >= 0.3 is 0 Å². The molecule has 1 saturated heterocycles. The summed E-state index contributed by atoms with van der Waals surface area (Å²) in [7, 11) is 0. The van der Waals surface area contributed by atoms with Gasteiger partial charge in [-0.2, -0.15) is 10.1 Å². The van der Waals surface area contributed by atoms with Crippen molar-refractivity contribution in [2.45, 2.75) is 26.9 Å². The summed E-state index contributed by atoms with van der Waals surface area (Å²) in [6.45, 7) is 7.73. The van der Waals surface area contributed by atoms with Crippen molar-refractivity contribution in [1.29, 1.82) is 0 Å². The van der Waals surface area contributed by atoms with Crippen LogP contribution in [0.3, 0.4) is 0 Å². The summed E-state index contributed by atoms with van der Waals surface area (Å²) in [5.41, 5.74) is 7.97. The number of hydrogen-bond acceptors (Lipinski definition) is 9. The molecule has 0 amide bonds. The number of nitrogens with zero attached hydrogens (tertiary/aromatic N) is 5. The molecule has 5 rings (SSSR count). The highest BCUT2D eigenvalue weighted by Gasteiger charge is 2.26. The first kappa shape index (κ1) is 27.0. The van der Waals surface area contributed by atoms with Crippen molar-refractivity contribution >= 4 is 29.4 Å². The number of anilines is 4. The van der Waals surface area contributed by atoms with E-state index in [-0.39, 0.29) is 23.6 Å². The van der Waals surface area contributed by atoms with Gasteiger partial charge in [0.15, 0.2) is 11.6 Å². The zero-order valence-corrected chi connectivity index (χ0v) is 22.7. The Kier molecular flexibility index (Phi) is 8.16. The molecule has 3 N–H and O–H groups in total. The highest BCUT2D eigenvalue weighted by atomic mass is 19.1. The van der Waals surface area contributed by atoms with Gasteiger partial charge in [-0.1, -0.05) is 38.1 Å². The van der Waals surface area contributed by atoms with Gasteiger partial charge in [-0.25, -0.2) is 19.8 Å². The van der Waals surface area contributed by atoms with E-state index in [9.17, 15) is 9.50 Å². The molecule has 0 bridgehead atoms. The van der Waals surface area contributed by atoms with Gasteiger partial charge in [0.05, 0.1) is 42.2 Å². The number of rotatable bonds is 8. The van der Waals surface area contributed by atoms with Crippen LogP contribution in [0.2, 0.25) is 0 Å². The lowest BCUT2D eigenvalue weighted by atomic mass is 10.1. The molecule has 1 aliphatic rings. The van der Waals surface area contributed by atoms with Crippen LogP contribution in [-0.4, -0.2) is 52.1 Å². The van der Waals surface area contributed by atoms with Gasteiger partial charge in [-0.3, -0.25) is 0 Å². The van der Waals surface area contributed by atoms with Crippen LogP contribution in [0.4, 0.5) is 27.5 Å². The lowest BCUT2D eigenvalue weighted by molar-refractivity contribution is 0.0110. The van der Waals surface area contributed by atoms with Crippen LogP contribution in [0.25, 0.3) is 11.1 Å². The van der Waals surface area contributed by atoms with Crippen molar-refractivity contribution in [3.05, 3.63) is 84.1 Å². The number of hydrogen-bond donors (Lipinski definition) is 3. The number of ether oxygens (including phenoxy) is 1. The van der Waals surface area contributed by atoms with E-state index in [0.29, 0.717) is 31.3 Å². The Labute approximate surface area is 232 Å². The Morgan fingerprint density at radius 2 is 1.93 bits per heavy atom. The molecule has 10 heteroatoms. The van der Waals surface area contributed by atoms with Gasteiger partial charge in [-0.15, -0.1) is 0 Å². The summed E-state index contributed by atoms with van der Waals surface area (Å²) < 4.78 is 20.3. The lowest BCUT2D eigenvalue weighted by Crippen LogP contribution is -2.45. The number of pyridine rings is 1. The summed E-state index contributed by atoms with van der Waals surface area (Å²) in [5, 5.41) is 17.3. The van der Waals surface area contributed by atoms with E-state index in [4.69, 9.17) is 4.74 Å². The first-order valence-corrected chi connectivity index (χ1v) is 13.2. The Balaban J connectivity index is 1.21. The van der Waals surface area contributed by atoms with Crippen molar-refractivity contribution in [1.82, 2.24) is 15.0 Å². The quantitative estimate of drug-likeness (QED) is 0.191. The van der Waals surface area contributed by atoms with E-state index in [1.165, 1.54) is 0 Å². The van der Waals surface area contributed by atoms with Crippen molar-refractivity contribution in [3.8, 4) is 16.9 Å². The summed E-state index contributed by atoms with van der Waals surface area (Å²) in [4.78, 5) is 14.8. The Hall–Kier alpha value is -4.57. The zero-order chi connectivity index (χ0) is 28.1. The van der Waals surface area contributed by atoms with E-state index < -0.39 is 5.82 Å². The van der Waals surface area contributed by atoms with E-state index in [2.05, 4.69) is 44.6 Å². The van der Waals surface area contributed by atoms with Gasteiger partial charge in [0.25, 0.3) is 0 Å². The molecule has 2 aromatic heterocycles. The van der Waals surface area contributed by atoms with Gasteiger partial charge in [0, 0.05) is 18.8 Å². The zero-order valence-electron chi connectivity index (χ0n) is 22.7. The van der Waals surface area contributed by atoms with Gasteiger partial charge in [0.2, 0.25) is 5.95 Å². The average Bonchev–Trinajstić information content (AvgIpc) is 2.96. The number of nitrogens with one attached hydrogen (secondary N) is 2. The molecule has 1 aliphatic heterocycles. The molecule has 0 aliphatic carbocycles. The maximum atomic E-state index is 14.5. The van der Waals surface area contributed by atoms with Crippen LogP contribution in [0.15, 0.2) is 72.0 Å². The van der Waals surface area contributed by atoms with E-state index in [1.54, 1.807) is 18.3 Å². The fraction of sp³-hybridized carbons (Fsp3) is 0.267. The smallest absolute Gasteiger partial charge is 0.245 e. The van der Waals surface area contributed by atoms with Crippen LogP contribution in [0.5, 0.6) is 5.75 Å². The number of halogens is 1. The molecule has 4 aromatic rings. The Morgan fingerprint density at radius 3 is 2.67 bits per heavy atom. The highest BCUT2D eigenvalue weighted by Crippen LogP contribution is 2.27. The van der Waals surface area contributed by atoms with Crippen LogP contribution in [-0.2, 0) is 4.74 Å². The van der Waals surface area contributed by atoms with E-state index in [0.717, 1.165) is 34.4 Å². The number of phenols is 1. The second kappa shape index (κ2) is 12.1. The van der Waals surface area contributed by atoms with Gasteiger partial charge < -0.3 is 20.1 Å². The molecule has 9 nitrogen and oxygen atoms in total. The largest absolute Gasteiger partial charge is 0.508 e. The molecule has 0 spiro atoms. The number of morpholine rings is 1. The second-order valence-corrected chi connectivity index (χ2v) is 9.96. The van der Waals surface area contributed by atoms with E-state index >= 15 is 0 Å². The molecule has 0 saturated carbocycles. The number of phenolic OH excluding ortho intramolecular Hbond substituents is 1. The van der Waals surface area contributed by atoms with Crippen LogP contribution in [0.1, 0.15) is 25.2 Å². The molecule has 3 heterocycles. The first-order chi connectivity index (χ1) is 19.4. The number of benzene rings is 2. The van der Waals surface area contributed by atoms with Crippen LogP contribution >= 0.6 is 0 Å². The van der Waals surface area contributed by atoms with Gasteiger partial charge in [-0.05, 0) is 60.4 Å². The van der Waals surface area contributed by atoms with Crippen molar-refractivity contribution in [3.63, 3.8) is 0 Å². The number of aromatic hydroxyl groups is 1. The molecule has 1 atom stereocenters. The normalized spacial score (nSPS) is 15.5. The first-order valence-electron chi connectivity index (χ1n) is 13.2. The number of aromatic nitrogens is 3. The summed E-state index contributed by atoms with van der Waals surface area (Å²) >= 11 is 0. The monoisotopic (exact) mass is 541 g/mol. The molecule has 0 radical (unpaired) electrons. The highest BCUT2D eigenvalue weighted by molar-refractivity contribution is 5.79. The third-order valence-electron chi connectivity index (χ3n) is 6.67. The van der Waals surface area contributed by atoms with Crippen LogP contribution < -0.4 is 15.6 Å². The fourth-order valence-electron chi connectivity index (χ4n) is 4.43.